The largest absolute Gasteiger partial charge is 0.395 e. The van der Waals surface area contributed by atoms with Crippen LogP contribution < -0.4 is 5.32 Å². The number of nitrogens with zero attached hydrogens (tertiary/aromatic N) is 3. The van der Waals surface area contributed by atoms with Gasteiger partial charge in [-0.1, -0.05) is 12.1 Å². The Bertz CT molecular complexity index is 830. The van der Waals surface area contributed by atoms with E-state index < -0.39 is 4.92 Å². The lowest BCUT2D eigenvalue weighted by atomic mass is 10.1. The van der Waals surface area contributed by atoms with Gasteiger partial charge in [0.05, 0.1) is 16.9 Å². The summed E-state index contributed by atoms with van der Waals surface area (Å²) in [6, 6.07) is 8.19. The monoisotopic (exact) mass is 299 g/mol. The first-order valence-electron chi connectivity index (χ1n) is 6.62. The maximum absolute atomic E-state index is 10.9. The molecule has 8 nitrogen and oxygen atoms in total. The molecular formula is C14H13N5O3. The Balaban J connectivity index is 2.05. The maximum atomic E-state index is 10.9. The van der Waals surface area contributed by atoms with Crippen molar-refractivity contribution in [3.05, 3.63) is 46.8 Å². The lowest BCUT2D eigenvalue weighted by Gasteiger charge is -2.02. The van der Waals surface area contributed by atoms with Crippen LogP contribution in [0.25, 0.3) is 22.3 Å². The highest BCUT2D eigenvalue weighted by atomic mass is 16.6. The molecular weight excluding hydrogens is 286 g/mol. The number of non-ortho nitro benzene ring substituents is 1. The van der Waals surface area contributed by atoms with E-state index in [0.29, 0.717) is 29.3 Å². The first-order chi connectivity index (χ1) is 10.7. The van der Waals surface area contributed by atoms with Crippen LogP contribution in [-0.2, 0) is 0 Å². The van der Waals surface area contributed by atoms with E-state index in [4.69, 9.17) is 5.11 Å². The predicted octanol–water partition coefficient (Wildman–Crippen LogP) is 1.94. The van der Waals surface area contributed by atoms with E-state index in [-0.39, 0.29) is 12.3 Å². The minimum Gasteiger partial charge on any atom is -0.395 e. The summed E-state index contributed by atoms with van der Waals surface area (Å²) in [6.45, 7) is 0.372. The van der Waals surface area contributed by atoms with Gasteiger partial charge in [-0.15, -0.1) is 0 Å². The second-order valence-corrected chi connectivity index (χ2v) is 4.63. The molecule has 0 saturated carbocycles. The van der Waals surface area contributed by atoms with E-state index in [9.17, 15) is 10.1 Å². The van der Waals surface area contributed by atoms with Crippen LogP contribution in [-0.4, -0.2) is 38.1 Å². The molecule has 0 amide bonds. The second kappa shape index (κ2) is 5.78. The second-order valence-electron chi connectivity index (χ2n) is 4.63. The number of aliphatic hydroxyl groups is 1. The number of hydrogen-bond acceptors (Lipinski definition) is 6. The van der Waals surface area contributed by atoms with Crippen molar-refractivity contribution in [1.82, 2.24) is 15.0 Å². The zero-order valence-electron chi connectivity index (χ0n) is 11.5. The number of aromatic amines is 1. The zero-order valence-corrected chi connectivity index (χ0v) is 11.5. The highest BCUT2D eigenvalue weighted by Crippen LogP contribution is 2.28. The summed E-state index contributed by atoms with van der Waals surface area (Å²) >= 11 is 0. The topological polar surface area (TPSA) is 117 Å². The first kappa shape index (κ1) is 14.0. The van der Waals surface area contributed by atoms with Crippen molar-refractivity contribution in [1.29, 1.82) is 0 Å². The lowest BCUT2D eigenvalue weighted by Crippen LogP contribution is -2.07. The molecule has 1 aromatic carbocycles. The van der Waals surface area contributed by atoms with Crippen molar-refractivity contribution in [2.24, 2.45) is 0 Å². The third kappa shape index (κ3) is 2.59. The lowest BCUT2D eigenvalue weighted by molar-refractivity contribution is -0.384. The molecule has 3 rings (SSSR count). The molecule has 0 aliphatic carbocycles. The Morgan fingerprint density at radius 2 is 2.18 bits per heavy atom. The van der Waals surface area contributed by atoms with Gasteiger partial charge in [-0.05, 0) is 6.07 Å². The van der Waals surface area contributed by atoms with Gasteiger partial charge in [0.1, 0.15) is 17.8 Å². The number of rotatable bonds is 5. The molecule has 112 valence electrons. The molecule has 3 N–H and O–H groups in total. The van der Waals surface area contributed by atoms with Gasteiger partial charge in [0.15, 0.2) is 0 Å². The Morgan fingerprint density at radius 1 is 1.32 bits per heavy atom. The Hall–Kier alpha value is -3.00. The van der Waals surface area contributed by atoms with Gasteiger partial charge < -0.3 is 15.4 Å². The first-order valence-corrected chi connectivity index (χ1v) is 6.62. The van der Waals surface area contributed by atoms with Crippen LogP contribution in [0, 0.1) is 10.1 Å². The molecule has 0 atom stereocenters. The third-order valence-corrected chi connectivity index (χ3v) is 3.20. The van der Waals surface area contributed by atoms with E-state index in [1.165, 1.54) is 18.5 Å². The van der Waals surface area contributed by atoms with Crippen LogP contribution in [0.1, 0.15) is 0 Å². The summed E-state index contributed by atoms with van der Waals surface area (Å²) in [6.07, 6.45) is 1.41. The number of nitro benzene ring substituents is 1. The zero-order chi connectivity index (χ0) is 15.5. The number of anilines is 1. The molecule has 0 unspecified atom stereocenters. The molecule has 3 aromatic rings. The number of aromatic nitrogens is 3. The van der Waals surface area contributed by atoms with Crippen LogP contribution in [0.4, 0.5) is 11.5 Å². The molecule has 0 aliphatic rings. The van der Waals surface area contributed by atoms with E-state index in [0.717, 1.165) is 5.39 Å². The molecule has 22 heavy (non-hydrogen) atoms. The minimum atomic E-state index is -0.430. The average Bonchev–Trinajstić information content (AvgIpc) is 2.97. The fourth-order valence-corrected chi connectivity index (χ4v) is 2.20. The standard InChI is InChI=1S/C14H13N5O3/c20-5-4-15-13-11-7-12(18-14(11)17-8-16-13)9-2-1-3-10(6-9)19(21)22/h1-3,6-8,20H,4-5H2,(H2,15,16,17,18). The number of hydrogen-bond donors (Lipinski definition) is 3. The fourth-order valence-electron chi connectivity index (χ4n) is 2.20. The van der Waals surface area contributed by atoms with E-state index in [1.807, 2.05) is 6.07 Å². The van der Waals surface area contributed by atoms with E-state index >= 15 is 0 Å². The Morgan fingerprint density at radius 3 is 2.95 bits per heavy atom. The van der Waals surface area contributed by atoms with Crippen molar-refractivity contribution in [3.63, 3.8) is 0 Å². The summed E-state index contributed by atoms with van der Waals surface area (Å²) < 4.78 is 0. The summed E-state index contributed by atoms with van der Waals surface area (Å²) in [7, 11) is 0. The SMILES string of the molecule is O=[N+]([O-])c1cccc(-c2cc3c(NCCO)ncnc3[nH]2)c1. The van der Waals surface area contributed by atoms with Crippen molar-refractivity contribution >= 4 is 22.5 Å². The molecule has 2 aromatic heterocycles. The third-order valence-electron chi connectivity index (χ3n) is 3.20. The van der Waals surface area contributed by atoms with Crippen LogP contribution >= 0.6 is 0 Å². The summed E-state index contributed by atoms with van der Waals surface area (Å²) in [5.74, 6) is 0.604. The summed E-state index contributed by atoms with van der Waals surface area (Å²) in [5, 5.41) is 23.5. The van der Waals surface area contributed by atoms with Gasteiger partial charge >= 0.3 is 0 Å². The van der Waals surface area contributed by atoms with Gasteiger partial charge in [-0.2, -0.15) is 0 Å². The number of aliphatic hydroxyl groups excluding tert-OH is 1. The van der Waals surface area contributed by atoms with Gasteiger partial charge in [0.25, 0.3) is 5.69 Å². The smallest absolute Gasteiger partial charge is 0.270 e. The van der Waals surface area contributed by atoms with Crippen LogP contribution in [0.15, 0.2) is 36.7 Å². The van der Waals surface area contributed by atoms with E-state index in [1.54, 1.807) is 12.1 Å². The Kier molecular flexibility index (Phi) is 3.67. The number of fused-ring (bicyclic) bond motifs is 1. The molecule has 8 heteroatoms. The maximum Gasteiger partial charge on any atom is 0.270 e. The van der Waals surface area contributed by atoms with Gasteiger partial charge in [-0.3, -0.25) is 10.1 Å². The number of nitro groups is 1. The summed E-state index contributed by atoms with van der Waals surface area (Å²) in [5.41, 5.74) is 2.06. The minimum absolute atomic E-state index is 0.00629. The fraction of sp³-hybridized carbons (Fsp3) is 0.143. The normalized spacial score (nSPS) is 10.8. The van der Waals surface area contributed by atoms with Crippen molar-refractivity contribution < 1.29 is 10.0 Å². The van der Waals surface area contributed by atoms with Crippen LogP contribution in [0.5, 0.6) is 0 Å². The van der Waals surface area contributed by atoms with Crippen LogP contribution in [0.3, 0.4) is 0 Å². The molecule has 2 heterocycles. The number of nitrogens with one attached hydrogen (secondary N) is 2. The van der Waals surface area contributed by atoms with Gasteiger partial charge in [-0.25, -0.2) is 9.97 Å². The highest BCUT2D eigenvalue weighted by Gasteiger charge is 2.12. The molecule has 0 spiro atoms. The van der Waals surface area contributed by atoms with Crippen LogP contribution in [0.2, 0.25) is 0 Å². The van der Waals surface area contributed by atoms with Crippen molar-refractivity contribution in [3.8, 4) is 11.3 Å². The Labute approximate surface area is 125 Å². The van der Waals surface area contributed by atoms with Crippen molar-refractivity contribution in [2.75, 3.05) is 18.5 Å². The molecule has 0 aliphatic heterocycles. The van der Waals surface area contributed by atoms with E-state index in [2.05, 4.69) is 20.3 Å². The molecule has 0 radical (unpaired) electrons. The number of benzene rings is 1. The molecule has 0 bridgehead atoms. The molecule has 0 fully saturated rings. The van der Waals surface area contributed by atoms with Gasteiger partial charge in [0, 0.05) is 29.9 Å². The number of H-pyrrole nitrogens is 1. The van der Waals surface area contributed by atoms with Gasteiger partial charge in [0.2, 0.25) is 0 Å². The average molecular weight is 299 g/mol. The summed E-state index contributed by atoms with van der Waals surface area (Å²) in [4.78, 5) is 21.8. The predicted molar refractivity (Wildman–Crippen MR) is 81.6 cm³/mol. The quantitative estimate of drug-likeness (QED) is 0.489. The highest BCUT2D eigenvalue weighted by molar-refractivity contribution is 5.91. The molecule has 0 saturated heterocycles. The van der Waals surface area contributed by atoms with Crippen molar-refractivity contribution in [2.45, 2.75) is 0 Å².